The molecule has 1 atom stereocenters. The molecule has 0 spiro atoms. The van der Waals surface area contributed by atoms with Crippen LogP contribution in [0.15, 0.2) is 17.6 Å². The van der Waals surface area contributed by atoms with Crippen LogP contribution in [0.1, 0.15) is 44.9 Å². The number of guanidine groups is 1. The quantitative estimate of drug-likeness (QED) is 0.230. The topological polar surface area (TPSA) is 83.0 Å². The van der Waals surface area contributed by atoms with Gasteiger partial charge in [-0.2, -0.15) is 0 Å². The van der Waals surface area contributed by atoms with Gasteiger partial charge in [-0.25, -0.2) is 13.1 Å². The molecule has 7 nitrogen and oxygen atoms in total. The lowest BCUT2D eigenvalue weighted by Crippen LogP contribution is -2.43. The normalized spacial score (nSPS) is 18.5. The van der Waals surface area contributed by atoms with E-state index in [1.807, 2.05) is 18.0 Å². The summed E-state index contributed by atoms with van der Waals surface area (Å²) in [6.45, 7) is 6.03. The molecule has 1 aliphatic rings. The van der Waals surface area contributed by atoms with Gasteiger partial charge in [-0.3, -0.25) is 4.99 Å². The highest BCUT2D eigenvalue weighted by Crippen LogP contribution is 2.11. The first-order valence-electron chi connectivity index (χ1n) is 9.60. The molecule has 0 bridgehead atoms. The number of unbranched alkanes of at least 4 members (excludes halogenated alkanes) is 3. The van der Waals surface area contributed by atoms with Gasteiger partial charge in [0.1, 0.15) is 0 Å². The summed E-state index contributed by atoms with van der Waals surface area (Å²) < 4.78 is 32.4. The summed E-state index contributed by atoms with van der Waals surface area (Å²) in [6, 6.07) is 0. The average molecular weight is 389 g/mol. The fourth-order valence-corrected chi connectivity index (χ4v) is 3.82. The third kappa shape index (κ3) is 10.1. The van der Waals surface area contributed by atoms with Crippen molar-refractivity contribution in [2.45, 2.75) is 51.0 Å². The Morgan fingerprint density at radius 2 is 2.15 bits per heavy atom. The van der Waals surface area contributed by atoms with Crippen LogP contribution in [0.2, 0.25) is 0 Å². The van der Waals surface area contributed by atoms with Crippen LogP contribution in [0.25, 0.3) is 0 Å². The van der Waals surface area contributed by atoms with Crippen molar-refractivity contribution in [3.05, 3.63) is 12.7 Å². The monoisotopic (exact) mass is 388 g/mol. The summed E-state index contributed by atoms with van der Waals surface area (Å²) in [5.74, 6) is 0.742. The van der Waals surface area contributed by atoms with E-state index in [4.69, 9.17) is 4.74 Å². The van der Waals surface area contributed by atoms with E-state index in [2.05, 4.69) is 21.6 Å². The number of sulfonamides is 1. The van der Waals surface area contributed by atoms with Crippen molar-refractivity contribution < 1.29 is 13.2 Å². The predicted octanol–water partition coefficient (Wildman–Crippen LogP) is 1.73. The molecule has 0 amide bonds. The first-order valence-corrected chi connectivity index (χ1v) is 11.3. The van der Waals surface area contributed by atoms with Gasteiger partial charge >= 0.3 is 0 Å². The molecule has 8 heteroatoms. The van der Waals surface area contributed by atoms with Crippen molar-refractivity contribution in [3.8, 4) is 0 Å². The van der Waals surface area contributed by atoms with Crippen LogP contribution in [-0.2, 0) is 14.8 Å². The molecule has 152 valence electrons. The minimum atomic E-state index is -3.31. The Labute approximate surface area is 159 Å². The maximum atomic E-state index is 12.1. The van der Waals surface area contributed by atoms with Crippen molar-refractivity contribution in [3.63, 3.8) is 0 Å². The summed E-state index contributed by atoms with van der Waals surface area (Å²) in [6.07, 6.45) is 9.46. The van der Waals surface area contributed by atoms with Crippen LogP contribution in [0.3, 0.4) is 0 Å². The number of nitrogens with one attached hydrogen (secondary N) is 2. The van der Waals surface area contributed by atoms with Gasteiger partial charge in [-0.1, -0.05) is 12.5 Å². The molecular weight excluding hydrogens is 352 g/mol. The molecule has 0 radical (unpaired) electrons. The molecular formula is C18H36N4O3S. The lowest BCUT2D eigenvalue weighted by Gasteiger charge is -2.23. The second kappa shape index (κ2) is 13.1. The molecule has 1 fully saturated rings. The van der Waals surface area contributed by atoms with Gasteiger partial charge < -0.3 is 15.0 Å². The molecule has 2 N–H and O–H groups in total. The average Bonchev–Trinajstić information content (AvgIpc) is 2.64. The number of nitrogens with zero attached hydrogens (tertiary/aromatic N) is 2. The molecule has 0 aliphatic carbocycles. The number of hydrogen-bond acceptors (Lipinski definition) is 4. The summed E-state index contributed by atoms with van der Waals surface area (Å²) in [4.78, 5) is 6.25. The molecule has 1 rings (SSSR count). The number of rotatable bonds is 12. The van der Waals surface area contributed by atoms with Gasteiger partial charge in [0.15, 0.2) is 5.96 Å². The van der Waals surface area contributed by atoms with Gasteiger partial charge in [0.05, 0.1) is 11.9 Å². The van der Waals surface area contributed by atoms with Crippen LogP contribution >= 0.6 is 0 Å². The van der Waals surface area contributed by atoms with E-state index in [-0.39, 0.29) is 11.9 Å². The minimum absolute atomic E-state index is 0.00599. The van der Waals surface area contributed by atoms with Crippen LogP contribution < -0.4 is 10.0 Å². The Kier molecular flexibility index (Phi) is 11.6. The molecule has 0 saturated carbocycles. The predicted molar refractivity (Wildman–Crippen MR) is 108 cm³/mol. The molecule has 1 heterocycles. The Balaban J connectivity index is 2.23. The lowest BCUT2D eigenvalue weighted by atomic mass is 10.1. The van der Waals surface area contributed by atoms with E-state index in [0.29, 0.717) is 13.1 Å². The molecule has 0 aromatic heterocycles. The highest BCUT2D eigenvalue weighted by molar-refractivity contribution is 7.89. The fraction of sp³-hybridized carbons (Fsp3) is 0.833. The molecule has 0 aromatic carbocycles. The Morgan fingerprint density at radius 3 is 2.81 bits per heavy atom. The molecule has 1 unspecified atom stereocenters. The highest BCUT2D eigenvalue weighted by Gasteiger charge is 2.17. The van der Waals surface area contributed by atoms with E-state index in [9.17, 15) is 8.42 Å². The van der Waals surface area contributed by atoms with E-state index < -0.39 is 10.0 Å². The third-order valence-corrected chi connectivity index (χ3v) is 5.78. The molecule has 1 aliphatic heterocycles. The van der Waals surface area contributed by atoms with Gasteiger partial charge in [0.2, 0.25) is 10.0 Å². The number of aliphatic imine (C=N–C) groups is 1. The first kappa shape index (κ1) is 22.9. The third-order valence-electron chi connectivity index (χ3n) is 4.43. The first-order chi connectivity index (χ1) is 12.5. The van der Waals surface area contributed by atoms with Crippen LogP contribution in [0, 0.1) is 0 Å². The van der Waals surface area contributed by atoms with Crippen molar-refractivity contribution in [1.29, 1.82) is 0 Å². The second-order valence-electron chi connectivity index (χ2n) is 6.69. The van der Waals surface area contributed by atoms with Crippen LogP contribution in [0.4, 0.5) is 0 Å². The van der Waals surface area contributed by atoms with E-state index >= 15 is 0 Å². The molecule has 1 saturated heterocycles. The van der Waals surface area contributed by atoms with Gasteiger partial charge in [0.25, 0.3) is 0 Å². The van der Waals surface area contributed by atoms with E-state index in [1.165, 1.54) is 0 Å². The lowest BCUT2D eigenvalue weighted by molar-refractivity contribution is 0.0200. The number of hydrogen-bond donors (Lipinski definition) is 2. The SMILES string of the molecule is C=CCCCCCN(C)C(=NC)NCCS(=O)(=O)NCC1CCCCO1. The standard InChI is InChI=1S/C18H36N4O3S/c1-4-5-6-7-9-13-22(3)18(19-2)20-12-15-26(23,24)21-16-17-11-8-10-14-25-17/h4,17,21H,1,5-16H2,2-3H3,(H,19,20). The van der Waals surface area contributed by atoms with Crippen molar-refractivity contribution in [2.75, 3.05) is 46.1 Å². The Bertz CT molecular complexity index is 517. The fourth-order valence-electron chi connectivity index (χ4n) is 2.86. The zero-order valence-corrected chi connectivity index (χ0v) is 17.2. The Hall–Kier alpha value is -1.12. The van der Waals surface area contributed by atoms with Gasteiger partial charge in [-0.05, 0) is 38.5 Å². The Morgan fingerprint density at radius 1 is 1.35 bits per heavy atom. The minimum Gasteiger partial charge on any atom is -0.377 e. The largest absolute Gasteiger partial charge is 0.377 e. The van der Waals surface area contributed by atoms with E-state index in [0.717, 1.165) is 64.1 Å². The number of allylic oxidation sites excluding steroid dienone is 1. The zero-order valence-electron chi connectivity index (χ0n) is 16.4. The van der Waals surface area contributed by atoms with Crippen molar-refractivity contribution in [1.82, 2.24) is 14.9 Å². The van der Waals surface area contributed by atoms with E-state index in [1.54, 1.807) is 7.05 Å². The van der Waals surface area contributed by atoms with Gasteiger partial charge in [-0.15, -0.1) is 6.58 Å². The molecule has 26 heavy (non-hydrogen) atoms. The molecule has 0 aromatic rings. The van der Waals surface area contributed by atoms with Crippen LogP contribution in [0.5, 0.6) is 0 Å². The maximum absolute atomic E-state index is 12.1. The van der Waals surface area contributed by atoms with Crippen molar-refractivity contribution in [2.24, 2.45) is 4.99 Å². The number of ether oxygens (including phenoxy) is 1. The summed E-state index contributed by atoms with van der Waals surface area (Å²) in [5.41, 5.74) is 0. The second-order valence-corrected chi connectivity index (χ2v) is 8.62. The zero-order chi connectivity index (χ0) is 19.3. The summed E-state index contributed by atoms with van der Waals surface area (Å²) in [7, 11) is 0.367. The summed E-state index contributed by atoms with van der Waals surface area (Å²) >= 11 is 0. The van der Waals surface area contributed by atoms with Crippen molar-refractivity contribution >= 4 is 16.0 Å². The smallest absolute Gasteiger partial charge is 0.213 e. The highest BCUT2D eigenvalue weighted by atomic mass is 32.2. The van der Waals surface area contributed by atoms with Crippen LogP contribution in [-0.4, -0.2) is 71.5 Å². The summed E-state index contributed by atoms with van der Waals surface area (Å²) in [5, 5.41) is 3.12. The van der Waals surface area contributed by atoms with Gasteiger partial charge in [0, 0.05) is 40.3 Å². The maximum Gasteiger partial charge on any atom is 0.213 e.